The quantitative estimate of drug-likeness (QED) is 0.226. The average Bonchev–Trinajstić information content (AvgIpc) is 3.01. The van der Waals surface area contributed by atoms with E-state index in [9.17, 15) is 18.9 Å². The molecule has 0 heterocycles. The van der Waals surface area contributed by atoms with Gasteiger partial charge in [0.1, 0.15) is 16.7 Å². The Balaban J connectivity index is 0.000000661. The van der Waals surface area contributed by atoms with Gasteiger partial charge in [-0.25, -0.2) is 8.51 Å². The number of carbonyl (C=O) groups is 2. The van der Waals surface area contributed by atoms with Crippen LogP contribution in [0.15, 0.2) is 89.8 Å². The van der Waals surface area contributed by atoms with Crippen LogP contribution in [0, 0.1) is 5.92 Å². The second kappa shape index (κ2) is 18.7. The third-order valence-electron chi connectivity index (χ3n) is 6.22. The molecule has 3 aromatic carbocycles. The lowest BCUT2D eigenvalue weighted by molar-refractivity contribution is -0.144. The first kappa shape index (κ1) is 34.5. The predicted molar refractivity (Wildman–Crippen MR) is 166 cm³/mol. The average molecular weight is 598 g/mol. The van der Waals surface area contributed by atoms with Crippen molar-refractivity contribution in [1.82, 2.24) is 9.62 Å². The molecule has 0 spiro atoms. The zero-order valence-corrected chi connectivity index (χ0v) is 25.8. The number of amides is 1. The maximum Gasteiger partial charge on any atom is 0.293 e. The van der Waals surface area contributed by atoms with Gasteiger partial charge in [0, 0.05) is 25.8 Å². The fourth-order valence-corrected chi connectivity index (χ4v) is 5.45. The zero-order valence-electron chi connectivity index (χ0n) is 24.9. The van der Waals surface area contributed by atoms with Gasteiger partial charge in [-0.15, -0.1) is 0 Å². The lowest BCUT2D eigenvalue weighted by Crippen LogP contribution is -2.52. The van der Waals surface area contributed by atoms with Crippen molar-refractivity contribution < 1.29 is 28.4 Å². The van der Waals surface area contributed by atoms with Gasteiger partial charge in [0.25, 0.3) is 12.4 Å². The van der Waals surface area contributed by atoms with Crippen LogP contribution in [0.1, 0.15) is 26.3 Å². The second-order valence-corrected chi connectivity index (χ2v) is 11.5. The number of hydrogen-bond donors (Lipinski definition) is 3. The molecule has 3 rings (SSSR count). The zero-order chi connectivity index (χ0) is 30.9. The number of nitrogens with zero attached hydrogens (tertiary/aromatic N) is 1. The number of aliphatic hydroxyl groups is 1. The van der Waals surface area contributed by atoms with Crippen LogP contribution in [-0.2, 0) is 31.7 Å². The van der Waals surface area contributed by atoms with Crippen molar-refractivity contribution in [2.24, 2.45) is 5.92 Å². The predicted octanol–water partition coefficient (Wildman–Crippen LogP) is 4.05. The molecule has 0 aromatic heterocycles. The van der Waals surface area contributed by atoms with Gasteiger partial charge < -0.3 is 25.2 Å². The molecule has 0 saturated heterocycles. The van der Waals surface area contributed by atoms with Gasteiger partial charge in [-0.3, -0.25) is 9.59 Å². The number of aliphatic hydroxyl groups excluding tert-OH is 1. The van der Waals surface area contributed by atoms with E-state index in [4.69, 9.17) is 9.47 Å². The molecule has 0 radical (unpaired) electrons. The number of hydrogen-bond acceptors (Lipinski definition) is 7. The maximum atomic E-state index is 13.4. The number of benzene rings is 3. The first-order valence-electron chi connectivity index (χ1n) is 13.8. The van der Waals surface area contributed by atoms with Gasteiger partial charge in [-0.2, -0.15) is 0 Å². The molecule has 10 heteroatoms. The van der Waals surface area contributed by atoms with Gasteiger partial charge in [0.05, 0.1) is 24.2 Å². The van der Waals surface area contributed by atoms with Crippen molar-refractivity contribution >= 4 is 29.1 Å². The maximum absolute atomic E-state index is 13.4. The van der Waals surface area contributed by atoms with Crippen LogP contribution in [0.5, 0.6) is 5.75 Å². The van der Waals surface area contributed by atoms with Crippen LogP contribution in [0.25, 0.3) is 0 Å². The highest BCUT2D eigenvalue weighted by Crippen LogP contribution is 2.20. The lowest BCUT2D eigenvalue weighted by Gasteiger charge is -2.31. The summed E-state index contributed by atoms with van der Waals surface area (Å²) in [5.41, 5.74) is 2.08. The molecule has 4 unspecified atom stereocenters. The molecule has 0 bridgehead atoms. The Hall–Kier alpha value is -3.73. The van der Waals surface area contributed by atoms with E-state index in [1.807, 2.05) is 81.6 Å². The van der Waals surface area contributed by atoms with Gasteiger partial charge >= 0.3 is 0 Å². The molecule has 228 valence electrons. The van der Waals surface area contributed by atoms with Crippen molar-refractivity contribution in [3.63, 3.8) is 0 Å². The lowest BCUT2D eigenvalue weighted by atomic mass is 10.0. The summed E-state index contributed by atoms with van der Waals surface area (Å²) in [7, 11) is 1.91. The second-order valence-electron chi connectivity index (χ2n) is 10.0. The third-order valence-corrected chi connectivity index (χ3v) is 7.64. The first-order valence-corrected chi connectivity index (χ1v) is 14.9. The van der Waals surface area contributed by atoms with Crippen molar-refractivity contribution in [2.45, 2.75) is 50.3 Å². The summed E-state index contributed by atoms with van der Waals surface area (Å²) < 4.78 is 25.1. The number of para-hydroxylation sites is 1. The smallest absolute Gasteiger partial charge is 0.293 e. The molecule has 3 aromatic rings. The first-order chi connectivity index (χ1) is 20.2. The van der Waals surface area contributed by atoms with Crippen LogP contribution in [0.4, 0.5) is 5.69 Å². The number of nitrogens with one attached hydrogen (secondary N) is 2. The molecule has 4 atom stereocenters. The summed E-state index contributed by atoms with van der Waals surface area (Å²) in [5.74, 6) is 0.260. The molecule has 0 aliphatic heterocycles. The SMILES string of the molecule is CNc1ccccc1.COc1cccc(S(=O)N(CC(C)C)CC(O)C(Cc2ccccc2)NC(=O)C(C)OC=O)c1. The highest BCUT2D eigenvalue weighted by Gasteiger charge is 2.29. The van der Waals surface area contributed by atoms with E-state index < -0.39 is 35.1 Å². The minimum Gasteiger partial charge on any atom is -0.497 e. The van der Waals surface area contributed by atoms with E-state index in [2.05, 4.69) is 10.6 Å². The van der Waals surface area contributed by atoms with E-state index in [-0.39, 0.29) is 18.9 Å². The highest BCUT2D eigenvalue weighted by atomic mass is 32.2. The molecular formula is C32H43N3O6S. The van der Waals surface area contributed by atoms with E-state index in [1.165, 1.54) is 6.92 Å². The molecule has 0 saturated carbocycles. The van der Waals surface area contributed by atoms with E-state index >= 15 is 0 Å². The highest BCUT2D eigenvalue weighted by molar-refractivity contribution is 7.82. The van der Waals surface area contributed by atoms with E-state index in [1.54, 1.807) is 35.7 Å². The number of rotatable bonds is 15. The van der Waals surface area contributed by atoms with Crippen molar-refractivity contribution in [3.05, 3.63) is 90.5 Å². The van der Waals surface area contributed by atoms with Crippen LogP contribution in [-0.4, -0.2) is 71.5 Å². The molecule has 42 heavy (non-hydrogen) atoms. The van der Waals surface area contributed by atoms with E-state index in [0.29, 0.717) is 23.6 Å². The summed E-state index contributed by atoms with van der Waals surface area (Å²) in [6.45, 7) is 6.21. The van der Waals surface area contributed by atoms with Gasteiger partial charge in [0.15, 0.2) is 6.10 Å². The molecular weight excluding hydrogens is 554 g/mol. The Morgan fingerprint density at radius 3 is 2.17 bits per heavy atom. The monoisotopic (exact) mass is 597 g/mol. The Morgan fingerprint density at radius 2 is 1.62 bits per heavy atom. The van der Waals surface area contributed by atoms with E-state index in [0.717, 1.165) is 11.3 Å². The minimum absolute atomic E-state index is 0.0582. The Morgan fingerprint density at radius 1 is 0.976 bits per heavy atom. The normalized spacial score (nSPS) is 13.6. The fourth-order valence-electron chi connectivity index (χ4n) is 4.01. The summed E-state index contributed by atoms with van der Waals surface area (Å²) in [5, 5.41) is 17.0. The topological polar surface area (TPSA) is 117 Å². The minimum atomic E-state index is -1.55. The molecule has 1 amide bonds. The largest absolute Gasteiger partial charge is 0.497 e. The number of ether oxygens (including phenoxy) is 2. The molecule has 9 nitrogen and oxygen atoms in total. The summed E-state index contributed by atoms with van der Waals surface area (Å²) in [4.78, 5) is 23.7. The Kier molecular flexibility index (Phi) is 15.3. The molecule has 0 aliphatic carbocycles. The van der Waals surface area contributed by atoms with Crippen LogP contribution >= 0.6 is 0 Å². The summed E-state index contributed by atoms with van der Waals surface area (Å²) in [6, 6.07) is 25.8. The standard InChI is InChI=1S/C25H34N2O6S.C7H9N/c1-18(2)15-27(34(31)22-12-8-11-21(14-22)32-4)16-24(29)23(13-20-9-6-5-7-10-20)26-25(30)19(3)33-17-28;1-8-7-5-3-2-4-6-7/h5-12,14,17-19,23-24,29H,13,15-16H2,1-4H3,(H,26,30);2-6,8H,1H3. The van der Waals surface area contributed by atoms with Crippen LogP contribution in [0.3, 0.4) is 0 Å². The number of anilines is 1. The molecule has 0 aliphatic rings. The van der Waals surface area contributed by atoms with Crippen molar-refractivity contribution in [1.29, 1.82) is 0 Å². The Labute approximate surface area is 251 Å². The Bertz CT molecular complexity index is 1230. The number of methoxy groups -OCH3 is 1. The fraction of sp³-hybridized carbons (Fsp3) is 0.375. The van der Waals surface area contributed by atoms with Crippen molar-refractivity contribution in [3.8, 4) is 5.75 Å². The summed E-state index contributed by atoms with van der Waals surface area (Å²) >= 11 is 0. The van der Waals surface area contributed by atoms with Gasteiger partial charge in [-0.1, -0.05) is 68.4 Å². The molecule has 3 N–H and O–H groups in total. The van der Waals surface area contributed by atoms with Crippen LogP contribution in [0.2, 0.25) is 0 Å². The summed E-state index contributed by atoms with van der Waals surface area (Å²) in [6.07, 6.45) is -1.69. The van der Waals surface area contributed by atoms with Crippen molar-refractivity contribution in [2.75, 3.05) is 32.6 Å². The van der Waals surface area contributed by atoms with Gasteiger partial charge in [-0.05, 0) is 55.2 Å². The molecule has 0 fully saturated rings. The number of carbonyl (C=O) groups excluding carboxylic acids is 2. The van der Waals surface area contributed by atoms with Crippen LogP contribution < -0.4 is 15.4 Å². The van der Waals surface area contributed by atoms with Gasteiger partial charge in [0.2, 0.25) is 0 Å². The third kappa shape index (κ3) is 12.0.